The number of rotatable bonds is 4. The molecule has 8 heteroatoms. The Morgan fingerprint density at radius 3 is 2.62 bits per heavy atom. The van der Waals surface area contributed by atoms with E-state index in [1.807, 2.05) is 0 Å². The molecule has 0 radical (unpaired) electrons. The van der Waals surface area contributed by atoms with Gasteiger partial charge in [-0.25, -0.2) is 18.6 Å². The molecule has 1 amide bonds. The number of fused-ring (bicyclic) bond motifs is 1. The molecule has 1 aliphatic heterocycles. The van der Waals surface area contributed by atoms with Crippen LogP contribution in [-0.2, 0) is 6.61 Å². The van der Waals surface area contributed by atoms with Crippen molar-refractivity contribution in [1.82, 2.24) is 9.88 Å². The van der Waals surface area contributed by atoms with Gasteiger partial charge in [-0.15, -0.1) is 0 Å². The zero-order valence-electron chi connectivity index (χ0n) is 13.5. The van der Waals surface area contributed by atoms with Gasteiger partial charge in [0.25, 0.3) is 0 Å². The van der Waals surface area contributed by atoms with Crippen molar-refractivity contribution in [3.05, 3.63) is 58.2 Å². The lowest BCUT2D eigenvalue weighted by Crippen LogP contribution is -2.29. The molecule has 1 aromatic heterocycles. The number of piperidine rings is 1. The minimum Gasteiger partial charge on any atom is -0.473 e. The Bertz CT molecular complexity index is 868. The maximum absolute atomic E-state index is 14.2. The molecule has 0 unspecified atom stereocenters. The van der Waals surface area contributed by atoms with Crippen LogP contribution in [-0.4, -0.2) is 34.2 Å². The summed E-state index contributed by atoms with van der Waals surface area (Å²) in [5.41, 5.74) is 0.613. The van der Waals surface area contributed by atoms with Crippen LogP contribution in [0, 0.1) is 23.5 Å². The molecular weight excluding hydrogens is 366 g/mol. The van der Waals surface area contributed by atoms with Crippen LogP contribution in [0.1, 0.15) is 17.2 Å². The van der Waals surface area contributed by atoms with E-state index in [-0.39, 0.29) is 30.2 Å². The molecule has 2 aromatic rings. The number of hydrogen-bond donors (Lipinski definition) is 1. The predicted octanol–water partition coefficient (Wildman–Crippen LogP) is 3.92. The molecule has 1 aliphatic carbocycles. The number of hydrogen-bond acceptors (Lipinski definition) is 3. The average molecular weight is 381 g/mol. The number of pyridine rings is 1. The summed E-state index contributed by atoms with van der Waals surface area (Å²) in [5.74, 6) is -0.618. The van der Waals surface area contributed by atoms with Crippen LogP contribution < -0.4 is 4.74 Å². The van der Waals surface area contributed by atoms with E-state index >= 15 is 0 Å². The van der Waals surface area contributed by atoms with E-state index in [9.17, 15) is 13.6 Å². The minimum atomic E-state index is -0.952. The molecule has 2 heterocycles. The van der Waals surface area contributed by atoms with Gasteiger partial charge >= 0.3 is 6.09 Å². The molecule has 4 rings (SSSR count). The molecule has 5 nitrogen and oxygen atoms in total. The van der Waals surface area contributed by atoms with E-state index in [1.54, 1.807) is 6.07 Å². The van der Waals surface area contributed by atoms with Crippen molar-refractivity contribution in [2.45, 2.75) is 12.5 Å². The van der Waals surface area contributed by atoms with Gasteiger partial charge in [-0.05, 0) is 30.0 Å². The van der Waals surface area contributed by atoms with Crippen LogP contribution in [0.15, 0.2) is 30.3 Å². The first-order chi connectivity index (χ1) is 12.4. The lowest BCUT2D eigenvalue weighted by molar-refractivity contribution is 0.149. The smallest absolute Gasteiger partial charge is 0.407 e. The highest BCUT2D eigenvalue weighted by Gasteiger charge is 2.58. The Kier molecular flexibility index (Phi) is 4.19. The average Bonchev–Trinajstić information content (AvgIpc) is 3.07. The van der Waals surface area contributed by atoms with Crippen molar-refractivity contribution in [3.63, 3.8) is 0 Å². The molecular formula is C18H15ClF2N2O3. The second-order valence-electron chi connectivity index (χ2n) is 6.58. The van der Waals surface area contributed by atoms with E-state index in [0.29, 0.717) is 29.4 Å². The SMILES string of the molecule is O=C(O)N1C[C@@H]2[C@H](C1)[C@@H]2c1nc(OCc2ccc(Cl)cc2F)ccc1F. The van der Waals surface area contributed by atoms with Crippen LogP contribution >= 0.6 is 11.6 Å². The zero-order valence-corrected chi connectivity index (χ0v) is 14.3. The lowest BCUT2D eigenvalue weighted by atomic mass is 10.1. The van der Waals surface area contributed by atoms with Crippen LogP contribution in [0.3, 0.4) is 0 Å². The highest BCUT2D eigenvalue weighted by Crippen LogP contribution is 2.58. The topological polar surface area (TPSA) is 62.7 Å². The number of carboxylic acid groups (broad SMARTS) is 1. The Balaban J connectivity index is 1.45. The molecule has 2 aliphatic rings. The third-order valence-electron chi connectivity index (χ3n) is 5.02. The Morgan fingerprint density at radius 1 is 1.23 bits per heavy atom. The van der Waals surface area contributed by atoms with Gasteiger partial charge in [-0.3, -0.25) is 0 Å². The molecule has 1 saturated carbocycles. The van der Waals surface area contributed by atoms with Crippen LogP contribution in [0.25, 0.3) is 0 Å². The Labute approximate surface area is 153 Å². The van der Waals surface area contributed by atoms with Gasteiger partial charge in [0.15, 0.2) is 0 Å². The Morgan fingerprint density at radius 2 is 1.96 bits per heavy atom. The Hall–Kier alpha value is -2.41. The fourth-order valence-corrected chi connectivity index (χ4v) is 3.79. The first kappa shape index (κ1) is 17.0. The standard InChI is InChI=1S/C18H15ClF2N2O3/c19-10-2-1-9(14(21)5-10)8-26-15-4-3-13(20)17(22-15)16-11-6-23(18(24)25)7-12(11)16/h1-5,11-12,16H,6-8H2,(H,24,25)/t11-,12+,16-. The van der Waals surface area contributed by atoms with Gasteiger partial charge in [-0.2, -0.15) is 0 Å². The molecule has 2 fully saturated rings. The third-order valence-corrected chi connectivity index (χ3v) is 5.25. The maximum Gasteiger partial charge on any atom is 0.407 e. The number of aromatic nitrogens is 1. The summed E-state index contributed by atoms with van der Waals surface area (Å²) in [6.07, 6.45) is -0.952. The van der Waals surface area contributed by atoms with Crippen LogP contribution in [0.2, 0.25) is 5.02 Å². The summed E-state index contributed by atoms with van der Waals surface area (Å²) in [5, 5.41) is 9.30. The van der Waals surface area contributed by atoms with E-state index in [1.165, 1.54) is 29.2 Å². The first-order valence-corrected chi connectivity index (χ1v) is 8.53. The van der Waals surface area contributed by atoms with Gasteiger partial charge in [0.05, 0.1) is 5.69 Å². The van der Waals surface area contributed by atoms with Gasteiger partial charge in [0, 0.05) is 35.7 Å². The molecule has 1 saturated heterocycles. The summed E-state index contributed by atoms with van der Waals surface area (Å²) < 4.78 is 33.5. The van der Waals surface area contributed by atoms with Crippen molar-refractivity contribution >= 4 is 17.7 Å². The predicted molar refractivity (Wildman–Crippen MR) is 89.3 cm³/mol. The largest absolute Gasteiger partial charge is 0.473 e. The number of ether oxygens (including phenoxy) is 1. The van der Waals surface area contributed by atoms with Crippen molar-refractivity contribution in [3.8, 4) is 5.88 Å². The van der Waals surface area contributed by atoms with Crippen LogP contribution in [0.4, 0.5) is 13.6 Å². The summed E-state index contributed by atoms with van der Waals surface area (Å²) in [6, 6.07) is 6.96. The number of amides is 1. The molecule has 1 N–H and O–H groups in total. The molecule has 1 aromatic carbocycles. The third kappa shape index (κ3) is 3.07. The minimum absolute atomic E-state index is 0.0502. The lowest BCUT2D eigenvalue weighted by Gasteiger charge is -2.16. The van der Waals surface area contributed by atoms with Gasteiger partial charge in [-0.1, -0.05) is 17.7 Å². The van der Waals surface area contributed by atoms with Crippen LogP contribution in [0.5, 0.6) is 5.88 Å². The monoisotopic (exact) mass is 380 g/mol. The fraction of sp³-hybridized carbons (Fsp3) is 0.333. The fourth-order valence-electron chi connectivity index (χ4n) is 3.63. The van der Waals surface area contributed by atoms with Crippen molar-refractivity contribution in [2.24, 2.45) is 11.8 Å². The number of likely N-dealkylation sites (tertiary alicyclic amines) is 1. The maximum atomic E-state index is 14.2. The van der Waals surface area contributed by atoms with Gasteiger partial charge in [0.2, 0.25) is 5.88 Å². The number of nitrogens with zero attached hydrogens (tertiary/aromatic N) is 2. The van der Waals surface area contributed by atoms with Crippen molar-refractivity contribution < 1.29 is 23.4 Å². The van der Waals surface area contributed by atoms with E-state index in [2.05, 4.69) is 4.98 Å². The number of carbonyl (C=O) groups is 1. The number of benzene rings is 1. The van der Waals surface area contributed by atoms with Gasteiger partial charge < -0.3 is 14.7 Å². The highest BCUT2D eigenvalue weighted by molar-refractivity contribution is 6.30. The quantitative estimate of drug-likeness (QED) is 0.873. The number of halogens is 3. The van der Waals surface area contributed by atoms with Crippen molar-refractivity contribution in [2.75, 3.05) is 13.1 Å². The highest BCUT2D eigenvalue weighted by atomic mass is 35.5. The summed E-state index contributed by atoms with van der Waals surface area (Å²) >= 11 is 5.72. The molecule has 136 valence electrons. The first-order valence-electron chi connectivity index (χ1n) is 8.15. The zero-order chi connectivity index (χ0) is 18.4. The van der Waals surface area contributed by atoms with Gasteiger partial charge in [0.1, 0.15) is 18.2 Å². The van der Waals surface area contributed by atoms with E-state index in [4.69, 9.17) is 21.4 Å². The molecule has 0 bridgehead atoms. The second-order valence-corrected chi connectivity index (χ2v) is 7.02. The summed E-state index contributed by atoms with van der Waals surface area (Å²) in [6.45, 7) is 0.741. The summed E-state index contributed by atoms with van der Waals surface area (Å²) in [4.78, 5) is 16.6. The van der Waals surface area contributed by atoms with Crippen molar-refractivity contribution in [1.29, 1.82) is 0 Å². The molecule has 26 heavy (non-hydrogen) atoms. The van der Waals surface area contributed by atoms with E-state index < -0.39 is 17.7 Å². The second kappa shape index (κ2) is 6.39. The summed E-state index contributed by atoms with van der Waals surface area (Å²) in [7, 11) is 0. The normalized spacial score (nSPS) is 23.7. The van der Waals surface area contributed by atoms with E-state index in [0.717, 1.165) is 0 Å². The molecule has 0 spiro atoms. The molecule has 3 atom stereocenters.